The number of fused-ring (bicyclic) bond motifs is 1. The van der Waals surface area contributed by atoms with Crippen molar-refractivity contribution in [1.82, 2.24) is 9.47 Å². The first-order chi connectivity index (χ1) is 9.75. The van der Waals surface area contributed by atoms with E-state index in [1.807, 2.05) is 0 Å². The Morgan fingerprint density at radius 2 is 2.05 bits per heavy atom. The largest absolute Gasteiger partial charge is 0.348 e. The third-order valence-electron chi connectivity index (χ3n) is 5.15. The summed E-state index contributed by atoms with van der Waals surface area (Å²) < 4.78 is 2.27. The summed E-state index contributed by atoms with van der Waals surface area (Å²) in [6.07, 6.45) is 10.8. The van der Waals surface area contributed by atoms with Gasteiger partial charge in [-0.2, -0.15) is 0 Å². The fourth-order valence-corrected chi connectivity index (χ4v) is 3.87. The predicted molar refractivity (Wildman–Crippen MR) is 80.4 cm³/mol. The summed E-state index contributed by atoms with van der Waals surface area (Å²) >= 11 is 0. The van der Waals surface area contributed by atoms with Crippen LogP contribution >= 0.6 is 0 Å². The summed E-state index contributed by atoms with van der Waals surface area (Å²) in [4.78, 5) is 14.6. The highest BCUT2D eigenvalue weighted by Crippen LogP contribution is 2.29. The van der Waals surface area contributed by atoms with Gasteiger partial charge in [0.15, 0.2) is 0 Å². The number of amides is 1. The van der Waals surface area contributed by atoms with E-state index in [-0.39, 0.29) is 6.04 Å². The van der Waals surface area contributed by atoms with Crippen molar-refractivity contribution in [1.29, 1.82) is 0 Å². The normalized spacial score (nSPS) is 23.6. The molecule has 0 spiro atoms. The molecule has 3 rings (SSSR count). The van der Waals surface area contributed by atoms with Gasteiger partial charge >= 0.3 is 0 Å². The standard InChI is InChI=1S/C17H26N2O/c1-14-16-8-5-11-18(16)12-13-19(14)17(20)10-9-15-6-3-2-4-7-15/h5,8,11,14-15H,2-4,6-7,9-10,12-13H2,1H3/t14-/m1/s1. The van der Waals surface area contributed by atoms with Crippen LogP contribution in [0.5, 0.6) is 0 Å². The van der Waals surface area contributed by atoms with Gasteiger partial charge in [0.05, 0.1) is 6.04 Å². The molecule has 1 amide bonds. The molecule has 2 aliphatic rings. The molecule has 1 aromatic rings. The van der Waals surface area contributed by atoms with Gasteiger partial charge in [0, 0.05) is 31.4 Å². The van der Waals surface area contributed by atoms with E-state index in [0.29, 0.717) is 5.91 Å². The lowest BCUT2D eigenvalue weighted by Gasteiger charge is -2.35. The summed E-state index contributed by atoms with van der Waals surface area (Å²) in [5.41, 5.74) is 1.28. The van der Waals surface area contributed by atoms with E-state index in [1.54, 1.807) is 0 Å². The Morgan fingerprint density at radius 1 is 1.25 bits per heavy atom. The average molecular weight is 274 g/mol. The summed E-state index contributed by atoms with van der Waals surface area (Å²) in [5.74, 6) is 1.16. The van der Waals surface area contributed by atoms with Gasteiger partial charge in [-0.05, 0) is 31.4 Å². The first-order valence-electron chi connectivity index (χ1n) is 8.20. The SMILES string of the molecule is C[C@@H]1c2cccn2CCN1C(=O)CCC1CCCCC1. The number of hydrogen-bond donors (Lipinski definition) is 0. The van der Waals surface area contributed by atoms with Crippen LogP contribution in [0.3, 0.4) is 0 Å². The lowest BCUT2D eigenvalue weighted by atomic mass is 9.86. The highest BCUT2D eigenvalue weighted by atomic mass is 16.2. The molecule has 1 saturated carbocycles. The van der Waals surface area contributed by atoms with Crippen molar-refractivity contribution >= 4 is 5.91 Å². The van der Waals surface area contributed by atoms with Gasteiger partial charge in [0.25, 0.3) is 0 Å². The zero-order valence-electron chi connectivity index (χ0n) is 12.6. The molecule has 0 N–H and O–H groups in total. The Balaban J connectivity index is 1.55. The quantitative estimate of drug-likeness (QED) is 0.824. The molecule has 1 aliphatic heterocycles. The predicted octanol–water partition coefficient (Wildman–Crippen LogP) is 3.75. The van der Waals surface area contributed by atoms with Gasteiger partial charge in [-0.3, -0.25) is 4.79 Å². The summed E-state index contributed by atoms with van der Waals surface area (Å²) in [6, 6.07) is 4.46. The Labute approximate surface area is 122 Å². The number of carbonyl (C=O) groups is 1. The van der Waals surface area contributed by atoms with Gasteiger partial charge in [-0.1, -0.05) is 32.1 Å². The number of aromatic nitrogens is 1. The number of hydrogen-bond acceptors (Lipinski definition) is 1. The maximum atomic E-state index is 12.5. The van der Waals surface area contributed by atoms with E-state index in [9.17, 15) is 4.79 Å². The molecular weight excluding hydrogens is 248 g/mol. The minimum absolute atomic E-state index is 0.234. The van der Waals surface area contributed by atoms with Crippen LogP contribution in [-0.4, -0.2) is 21.9 Å². The van der Waals surface area contributed by atoms with Crippen LogP contribution in [0.25, 0.3) is 0 Å². The monoisotopic (exact) mass is 274 g/mol. The molecule has 0 unspecified atom stereocenters. The van der Waals surface area contributed by atoms with Crippen molar-refractivity contribution in [2.75, 3.05) is 6.54 Å². The molecule has 110 valence electrons. The van der Waals surface area contributed by atoms with Crippen LogP contribution in [0, 0.1) is 5.92 Å². The van der Waals surface area contributed by atoms with Gasteiger partial charge in [0.2, 0.25) is 5.91 Å². The zero-order valence-corrected chi connectivity index (χ0v) is 12.6. The van der Waals surface area contributed by atoms with Gasteiger partial charge in [0.1, 0.15) is 0 Å². The minimum Gasteiger partial charge on any atom is -0.348 e. The Bertz CT molecular complexity index is 459. The third-order valence-corrected chi connectivity index (χ3v) is 5.15. The second-order valence-electron chi connectivity index (χ2n) is 6.43. The first-order valence-corrected chi connectivity index (χ1v) is 8.20. The maximum absolute atomic E-state index is 12.5. The second kappa shape index (κ2) is 6.02. The lowest BCUT2D eigenvalue weighted by molar-refractivity contribution is -0.134. The van der Waals surface area contributed by atoms with Crippen LogP contribution in [0.1, 0.15) is 63.6 Å². The average Bonchev–Trinajstić information content (AvgIpc) is 2.96. The van der Waals surface area contributed by atoms with E-state index >= 15 is 0 Å². The molecule has 1 atom stereocenters. The van der Waals surface area contributed by atoms with Crippen molar-refractivity contribution in [2.24, 2.45) is 5.92 Å². The van der Waals surface area contributed by atoms with Crippen molar-refractivity contribution < 1.29 is 4.79 Å². The smallest absolute Gasteiger partial charge is 0.223 e. The summed E-state index contributed by atoms with van der Waals surface area (Å²) in [7, 11) is 0. The van der Waals surface area contributed by atoms with E-state index in [2.05, 4.69) is 34.7 Å². The number of nitrogens with zero attached hydrogens (tertiary/aromatic N) is 2. The van der Waals surface area contributed by atoms with E-state index in [4.69, 9.17) is 0 Å². The van der Waals surface area contributed by atoms with E-state index in [0.717, 1.165) is 31.8 Å². The molecule has 0 saturated heterocycles. The molecule has 2 heterocycles. The molecule has 0 radical (unpaired) electrons. The van der Waals surface area contributed by atoms with Crippen LogP contribution in [-0.2, 0) is 11.3 Å². The molecule has 3 heteroatoms. The topological polar surface area (TPSA) is 25.2 Å². The van der Waals surface area contributed by atoms with E-state index in [1.165, 1.54) is 37.8 Å². The van der Waals surface area contributed by atoms with Gasteiger partial charge in [-0.25, -0.2) is 0 Å². The van der Waals surface area contributed by atoms with Crippen molar-refractivity contribution in [3.05, 3.63) is 24.0 Å². The maximum Gasteiger partial charge on any atom is 0.223 e. The van der Waals surface area contributed by atoms with Crippen LogP contribution in [0.15, 0.2) is 18.3 Å². The number of rotatable bonds is 3. The molecule has 0 aromatic carbocycles. The fourth-order valence-electron chi connectivity index (χ4n) is 3.87. The van der Waals surface area contributed by atoms with Crippen LogP contribution in [0.4, 0.5) is 0 Å². The molecule has 3 nitrogen and oxygen atoms in total. The van der Waals surface area contributed by atoms with Gasteiger partial charge < -0.3 is 9.47 Å². The van der Waals surface area contributed by atoms with Gasteiger partial charge in [-0.15, -0.1) is 0 Å². The summed E-state index contributed by atoms with van der Waals surface area (Å²) in [5, 5.41) is 0. The minimum atomic E-state index is 0.234. The van der Waals surface area contributed by atoms with Crippen molar-refractivity contribution in [3.8, 4) is 0 Å². The number of carbonyl (C=O) groups excluding carboxylic acids is 1. The van der Waals surface area contributed by atoms with Crippen LogP contribution < -0.4 is 0 Å². The zero-order chi connectivity index (χ0) is 13.9. The first kappa shape index (κ1) is 13.7. The molecule has 20 heavy (non-hydrogen) atoms. The Morgan fingerprint density at radius 3 is 2.85 bits per heavy atom. The lowest BCUT2D eigenvalue weighted by Crippen LogP contribution is -2.40. The van der Waals surface area contributed by atoms with Crippen molar-refractivity contribution in [2.45, 2.75) is 64.5 Å². The highest BCUT2D eigenvalue weighted by molar-refractivity contribution is 5.76. The second-order valence-corrected chi connectivity index (χ2v) is 6.43. The molecular formula is C17H26N2O. The molecule has 1 aromatic heterocycles. The molecule has 1 fully saturated rings. The van der Waals surface area contributed by atoms with E-state index < -0.39 is 0 Å². The third kappa shape index (κ3) is 2.77. The highest BCUT2D eigenvalue weighted by Gasteiger charge is 2.27. The summed E-state index contributed by atoms with van der Waals surface area (Å²) in [6.45, 7) is 3.97. The molecule has 0 bridgehead atoms. The Kier molecular flexibility index (Phi) is 4.13. The molecule has 1 aliphatic carbocycles. The van der Waals surface area contributed by atoms with Crippen LogP contribution in [0.2, 0.25) is 0 Å². The fraction of sp³-hybridized carbons (Fsp3) is 0.706. The Hall–Kier alpha value is -1.25. The van der Waals surface area contributed by atoms with Crippen molar-refractivity contribution in [3.63, 3.8) is 0 Å².